The van der Waals surface area contributed by atoms with E-state index in [1.807, 2.05) is 0 Å². The smallest absolute Gasteiger partial charge is 0.139 e. The van der Waals surface area contributed by atoms with E-state index in [0.717, 1.165) is 11.6 Å². The standard InChI is InChI=1S/C17H19N3/c1-12-8-9-13(2)19(12)16-6-5-7-17(18-16)20-14(3)10-11-15(20)4/h5-11H,1-4H3. The first-order valence-corrected chi connectivity index (χ1v) is 6.85. The van der Waals surface area contributed by atoms with Gasteiger partial charge < -0.3 is 9.13 Å². The maximum absolute atomic E-state index is 4.83. The summed E-state index contributed by atoms with van der Waals surface area (Å²) in [6.07, 6.45) is 0. The van der Waals surface area contributed by atoms with Gasteiger partial charge in [-0.2, -0.15) is 0 Å². The summed E-state index contributed by atoms with van der Waals surface area (Å²) in [5.41, 5.74) is 4.81. The molecule has 0 saturated carbocycles. The van der Waals surface area contributed by atoms with E-state index in [1.165, 1.54) is 22.8 Å². The zero-order valence-corrected chi connectivity index (χ0v) is 12.4. The van der Waals surface area contributed by atoms with Crippen molar-refractivity contribution in [1.82, 2.24) is 14.1 Å². The average molecular weight is 265 g/mol. The minimum Gasteiger partial charge on any atom is -0.303 e. The van der Waals surface area contributed by atoms with Gasteiger partial charge in [-0.3, -0.25) is 0 Å². The Bertz CT molecular complexity index is 662. The Hall–Kier alpha value is -2.29. The number of aryl methyl sites for hydroxylation is 4. The molecule has 0 fully saturated rings. The van der Waals surface area contributed by atoms with Gasteiger partial charge in [0.15, 0.2) is 0 Å². The highest BCUT2D eigenvalue weighted by molar-refractivity contribution is 5.38. The Kier molecular flexibility index (Phi) is 2.97. The second-order valence-electron chi connectivity index (χ2n) is 5.26. The minimum absolute atomic E-state index is 0.968. The molecule has 0 spiro atoms. The summed E-state index contributed by atoms with van der Waals surface area (Å²) in [7, 11) is 0. The molecule has 102 valence electrons. The van der Waals surface area contributed by atoms with Crippen LogP contribution in [0.15, 0.2) is 42.5 Å². The molecule has 3 nitrogen and oxygen atoms in total. The Morgan fingerprint density at radius 3 is 1.30 bits per heavy atom. The highest BCUT2D eigenvalue weighted by Gasteiger charge is 2.09. The Morgan fingerprint density at radius 2 is 0.950 bits per heavy atom. The molecule has 0 aliphatic carbocycles. The summed E-state index contributed by atoms with van der Waals surface area (Å²) in [4.78, 5) is 4.83. The lowest BCUT2D eigenvalue weighted by Gasteiger charge is -2.12. The molecule has 3 aromatic rings. The van der Waals surface area contributed by atoms with E-state index in [1.54, 1.807) is 0 Å². The van der Waals surface area contributed by atoms with Gasteiger partial charge in [-0.25, -0.2) is 4.98 Å². The molecule has 20 heavy (non-hydrogen) atoms. The van der Waals surface area contributed by atoms with Crippen LogP contribution >= 0.6 is 0 Å². The van der Waals surface area contributed by atoms with Crippen LogP contribution in [0.4, 0.5) is 0 Å². The molecule has 0 atom stereocenters. The van der Waals surface area contributed by atoms with E-state index in [4.69, 9.17) is 4.98 Å². The van der Waals surface area contributed by atoms with Crippen molar-refractivity contribution in [1.29, 1.82) is 0 Å². The van der Waals surface area contributed by atoms with E-state index < -0.39 is 0 Å². The van der Waals surface area contributed by atoms with Gasteiger partial charge in [0.25, 0.3) is 0 Å². The lowest BCUT2D eigenvalue weighted by atomic mass is 10.4. The molecule has 3 heterocycles. The third-order valence-corrected chi connectivity index (χ3v) is 3.72. The van der Waals surface area contributed by atoms with Crippen LogP contribution in [0.2, 0.25) is 0 Å². The number of aromatic nitrogens is 3. The predicted octanol–water partition coefficient (Wildman–Crippen LogP) is 3.90. The van der Waals surface area contributed by atoms with Crippen LogP contribution < -0.4 is 0 Å². The summed E-state index contributed by atoms with van der Waals surface area (Å²) in [5.74, 6) is 1.94. The maximum Gasteiger partial charge on any atom is 0.139 e. The summed E-state index contributed by atoms with van der Waals surface area (Å²) in [5, 5.41) is 0. The summed E-state index contributed by atoms with van der Waals surface area (Å²) >= 11 is 0. The molecule has 3 aromatic heterocycles. The quantitative estimate of drug-likeness (QED) is 0.689. The fourth-order valence-corrected chi connectivity index (χ4v) is 2.72. The second kappa shape index (κ2) is 4.67. The molecule has 0 amide bonds. The largest absolute Gasteiger partial charge is 0.303 e. The number of hydrogen-bond acceptors (Lipinski definition) is 1. The molecule has 0 aliphatic heterocycles. The monoisotopic (exact) mass is 265 g/mol. The van der Waals surface area contributed by atoms with Crippen molar-refractivity contribution in [3.63, 3.8) is 0 Å². The molecule has 0 radical (unpaired) electrons. The van der Waals surface area contributed by atoms with Crippen LogP contribution in [-0.4, -0.2) is 14.1 Å². The molecule has 0 bridgehead atoms. The van der Waals surface area contributed by atoms with Gasteiger partial charge in [-0.1, -0.05) is 6.07 Å². The average Bonchev–Trinajstić information content (AvgIpc) is 2.93. The van der Waals surface area contributed by atoms with Gasteiger partial charge in [0.2, 0.25) is 0 Å². The Morgan fingerprint density at radius 1 is 0.600 bits per heavy atom. The van der Waals surface area contributed by atoms with E-state index >= 15 is 0 Å². The van der Waals surface area contributed by atoms with Crippen molar-refractivity contribution in [2.24, 2.45) is 0 Å². The Balaban J connectivity index is 2.16. The second-order valence-corrected chi connectivity index (χ2v) is 5.26. The molecular weight excluding hydrogens is 246 g/mol. The van der Waals surface area contributed by atoms with Crippen LogP contribution in [0.1, 0.15) is 22.8 Å². The fraction of sp³-hybridized carbons (Fsp3) is 0.235. The SMILES string of the molecule is Cc1ccc(C)n1-c1cccc(-n2c(C)ccc2C)n1. The zero-order chi connectivity index (χ0) is 14.3. The summed E-state index contributed by atoms with van der Waals surface area (Å²) < 4.78 is 4.36. The first-order chi connectivity index (χ1) is 9.58. The van der Waals surface area contributed by atoms with Gasteiger partial charge in [-0.15, -0.1) is 0 Å². The van der Waals surface area contributed by atoms with Gasteiger partial charge in [0, 0.05) is 22.8 Å². The van der Waals surface area contributed by atoms with Crippen molar-refractivity contribution >= 4 is 0 Å². The lowest BCUT2D eigenvalue weighted by molar-refractivity contribution is 0.873. The van der Waals surface area contributed by atoms with E-state index in [9.17, 15) is 0 Å². The number of rotatable bonds is 2. The number of nitrogens with zero attached hydrogens (tertiary/aromatic N) is 3. The van der Waals surface area contributed by atoms with Gasteiger partial charge in [-0.05, 0) is 64.1 Å². The number of hydrogen-bond donors (Lipinski definition) is 0. The molecule has 0 unspecified atom stereocenters. The fourth-order valence-electron chi connectivity index (χ4n) is 2.72. The molecule has 0 aromatic carbocycles. The van der Waals surface area contributed by atoms with Crippen molar-refractivity contribution in [2.75, 3.05) is 0 Å². The van der Waals surface area contributed by atoms with E-state index in [2.05, 4.69) is 79.3 Å². The van der Waals surface area contributed by atoms with Crippen LogP contribution in [0, 0.1) is 27.7 Å². The third kappa shape index (κ3) is 1.95. The van der Waals surface area contributed by atoms with Gasteiger partial charge in [0.05, 0.1) is 0 Å². The predicted molar refractivity (Wildman–Crippen MR) is 81.8 cm³/mol. The molecule has 3 heteroatoms. The first-order valence-electron chi connectivity index (χ1n) is 6.85. The van der Waals surface area contributed by atoms with Crippen molar-refractivity contribution in [3.05, 3.63) is 65.2 Å². The summed E-state index contributed by atoms with van der Waals surface area (Å²) in [6, 6.07) is 14.7. The van der Waals surface area contributed by atoms with Crippen LogP contribution in [-0.2, 0) is 0 Å². The van der Waals surface area contributed by atoms with Crippen molar-refractivity contribution in [3.8, 4) is 11.6 Å². The van der Waals surface area contributed by atoms with Crippen LogP contribution in [0.25, 0.3) is 11.6 Å². The maximum atomic E-state index is 4.83. The van der Waals surface area contributed by atoms with Gasteiger partial charge >= 0.3 is 0 Å². The molecule has 0 saturated heterocycles. The zero-order valence-electron chi connectivity index (χ0n) is 12.4. The van der Waals surface area contributed by atoms with Crippen LogP contribution in [0.5, 0.6) is 0 Å². The van der Waals surface area contributed by atoms with Crippen molar-refractivity contribution < 1.29 is 0 Å². The van der Waals surface area contributed by atoms with E-state index in [0.29, 0.717) is 0 Å². The first kappa shape index (κ1) is 12.7. The highest BCUT2D eigenvalue weighted by Crippen LogP contribution is 2.18. The summed E-state index contributed by atoms with van der Waals surface area (Å²) in [6.45, 7) is 8.42. The molecule has 0 N–H and O–H groups in total. The topological polar surface area (TPSA) is 22.8 Å². The lowest BCUT2D eigenvalue weighted by Crippen LogP contribution is -2.06. The molecule has 3 rings (SSSR count). The minimum atomic E-state index is 0.968. The van der Waals surface area contributed by atoms with Crippen LogP contribution in [0.3, 0.4) is 0 Å². The highest BCUT2D eigenvalue weighted by atomic mass is 15.1. The molecular formula is C17H19N3. The van der Waals surface area contributed by atoms with E-state index in [-0.39, 0.29) is 0 Å². The number of pyridine rings is 1. The van der Waals surface area contributed by atoms with Gasteiger partial charge in [0.1, 0.15) is 11.6 Å². The third-order valence-electron chi connectivity index (χ3n) is 3.72. The van der Waals surface area contributed by atoms with Crippen molar-refractivity contribution in [2.45, 2.75) is 27.7 Å². The normalized spacial score (nSPS) is 11.0. The Labute approximate surface area is 119 Å². The molecule has 0 aliphatic rings.